The van der Waals surface area contributed by atoms with Gasteiger partial charge in [0.05, 0.1) is 13.2 Å². The summed E-state index contributed by atoms with van der Waals surface area (Å²) in [7, 11) is 0. The highest BCUT2D eigenvalue weighted by Gasteiger charge is 2.19. The molecule has 1 saturated heterocycles. The van der Waals surface area contributed by atoms with Crippen LogP contribution in [0.1, 0.15) is 0 Å². The van der Waals surface area contributed by atoms with E-state index in [1.54, 1.807) is 0 Å². The summed E-state index contributed by atoms with van der Waals surface area (Å²) in [6, 6.07) is 9.81. The quantitative estimate of drug-likeness (QED) is 0.717. The van der Waals surface area contributed by atoms with E-state index in [-0.39, 0.29) is 0 Å². The van der Waals surface area contributed by atoms with Crippen molar-refractivity contribution in [2.24, 2.45) is 0 Å². The van der Waals surface area contributed by atoms with Crippen LogP contribution in [0.25, 0.3) is 22.7 Å². The zero-order valence-corrected chi connectivity index (χ0v) is 11.4. The van der Waals surface area contributed by atoms with Gasteiger partial charge in [0, 0.05) is 18.7 Å². The van der Waals surface area contributed by atoms with Gasteiger partial charge in [0.15, 0.2) is 11.3 Å². The van der Waals surface area contributed by atoms with Gasteiger partial charge in [0.1, 0.15) is 6.33 Å². The number of morpholine rings is 1. The molecule has 1 aliphatic rings. The zero-order valence-electron chi connectivity index (χ0n) is 11.4. The van der Waals surface area contributed by atoms with Crippen LogP contribution in [0.3, 0.4) is 0 Å². The fourth-order valence-electron chi connectivity index (χ4n) is 2.45. The zero-order chi connectivity index (χ0) is 14.1. The van der Waals surface area contributed by atoms with Crippen LogP contribution in [0.15, 0.2) is 41.1 Å². The topological polar surface area (TPSA) is 64.3 Å². The summed E-state index contributed by atoms with van der Waals surface area (Å²) in [5.74, 6) is 1.38. The van der Waals surface area contributed by atoms with E-state index in [0.717, 1.165) is 24.5 Å². The number of rotatable bonds is 2. The van der Waals surface area contributed by atoms with Gasteiger partial charge >= 0.3 is 0 Å². The molecule has 6 heteroatoms. The highest BCUT2D eigenvalue weighted by atomic mass is 16.5. The summed E-state index contributed by atoms with van der Waals surface area (Å²) in [4.78, 5) is 15.3. The number of nitrogens with zero attached hydrogens (tertiary/aromatic N) is 4. The van der Waals surface area contributed by atoms with E-state index in [9.17, 15) is 0 Å². The fourth-order valence-corrected chi connectivity index (χ4v) is 2.45. The van der Waals surface area contributed by atoms with Crippen molar-refractivity contribution in [1.29, 1.82) is 0 Å². The number of aromatic nitrogens is 3. The van der Waals surface area contributed by atoms with Crippen molar-refractivity contribution >= 4 is 17.0 Å². The Morgan fingerprint density at radius 1 is 1.00 bits per heavy atom. The van der Waals surface area contributed by atoms with Crippen LogP contribution in [-0.2, 0) is 4.74 Å². The average molecular weight is 282 g/mol. The van der Waals surface area contributed by atoms with Gasteiger partial charge < -0.3 is 14.1 Å². The minimum atomic E-state index is 0.519. The number of hydrogen-bond donors (Lipinski definition) is 0. The first-order chi connectivity index (χ1) is 10.4. The molecular weight excluding hydrogens is 268 g/mol. The molecule has 1 fully saturated rings. The standard InChI is InChI=1S/C15H14N4O2/c1-2-4-11(5-3-1)14-18-12-13(16-10-17-15(12)21-14)19-6-8-20-9-7-19/h1-5,10H,6-9H2. The van der Waals surface area contributed by atoms with Gasteiger partial charge in [0.25, 0.3) is 5.71 Å². The van der Waals surface area contributed by atoms with Gasteiger partial charge in [-0.2, -0.15) is 4.98 Å². The molecule has 2 aromatic heterocycles. The van der Waals surface area contributed by atoms with Crippen molar-refractivity contribution in [3.63, 3.8) is 0 Å². The van der Waals surface area contributed by atoms with Gasteiger partial charge in [-0.05, 0) is 12.1 Å². The summed E-state index contributed by atoms with van der Waals surface area (Å²) in [5.41, 5.74) is 2.16. The maximum absolute atomic E-state index is 5.77. The van der Waals surface area contributed by atoms with Crippen molar-refractivity contribution in [3.05, 3.63) is 36.7 Å². The molecular formula is C15H14N4O2. The Bertz CT molecular complexity index is 751. The number of hydrogen-bond acceptors (Lipinski definition) is 6. The summed E-state index contributed by atoms with van der Waals surface area (Å²) in [6.45, 7) is 3.02. The monoisotopic (exact) mass is 282 g/mol. The van der Waals surface area contributed by atoms with Crippen LogP contribution in [0.4, 0.5) is 5.82 Å². The first kappa shape index (κ1) is 12.3. The van der Waals surface area contributed by atoms with E-state index in [0.29, 0.717) is 30.3 Å². The van der Waals surface area contributed by atoms with Crippen molar-refractivity contribution in [3.8, 4) is 11.5 Å². The number of anilines is 1. The van der Waals surface area contributed by atoms with Crippen LogP contribution >= 0.6 is 0 Å². The predicted molar refractivity (Wildman–Crippen MR) is 78.1 cm³/mol. The molecule has 4 rings (SSSR count). The lowest BCUT2D eigenvalue weighted by Gasteiger charge is -2.27. The molecule has 0 amide bonds. The number of benzene rings is 1. The van der Waals surface area contributed by atoms with Crippen molar-refractivity contribution < 1.29 is 9.15 Å². The highest BCUT2D eigenvalue weighted by molar-refractivity contribution is 5.83. The molecule has 106 valence electrons. The predicted octanol–water partition coefficient (Wildman–Crippen LogP) is 2.12. The van der Waals surface area contributed by atoms with Crippen molar-refractivity contribution in [1.82, 2.24) is 15.0 Å². The maximum atomic E-state index is 5.77. The van der Waals surface area contributed by atoms with Gasteiger partial charge in [-0.15, -0.1) is 0 Å². The molecule has 21 heavy (non-hydrogen) atoms. The van der Waals surface area contributed by atoms with E-state index in [4.69, 9.17) is 9.15 Å². The maximum Gasteiger partial charge on any atom is 0.252 e. The average Bonchev–Trinajstić information content (AvgIpc) is 3.00. The van der Waals surface area contributed by atoms with Crippen LogP contribution < -0.4 is 4.90 Å². The number of oxazole rings is 1. The molecule has 0 bridgehead atoms. The molecule has 3 aromatic rings. The molecule has 0 saturated carbocycles. The Labute approximate surface area is 121 Å². The van der Waals surface area contributed by atoms with E-state index >= 15 is 0 Å². The third-order valence-corrected chi connectivity index (χ3v) is 3.51. The summed E-state index contributed by atoms with van der Waals surface area (Å²) in [6.07, 6.45) is 1.52. The Kier molecular flexibility index (Phi) is 3.01. The normalized spacial score (nSPS) is 15.5. The van der Waals surface area contributed by atoms with Gasteiger partial charge in [-0.25, -0.2) is 9.97 Å². The first-order valence-electron chi connectivity index (χ1n) is 6.91. The lowest BCUT2D eigenvalue weighted by atomic mass is 10.2. The largest absolute Gasteiger partial charge is 0.417 e. The molecule has 0 atom stereocenters. The van der Waals surface area contributed by atoms with Gasteiger partial charge in [0.2, 0.25) is 5.89 Å². The lowest BCUT2D eigenvalue weighted by Crippen LogP contribution is -2.36. The second-order valence-electron chi connectivity index (χ2n) is 4.84. The molecule has 1 aromatic carbocycles. The Hall–Kier alpha value is -2.47. The van der Waals surface area contributed by atoms with Crippen LogP contribution in [0.2, 0.25) is 0 Å². The SMILES string of the molecule is c1ccc(-c2nc3c(N4CCOCC4)ncnc3o2)cc1. The Morgan fingerprint density at radius 3 is 2.62 bits per heavy atom. The minimum Gasteiger partial charge on any atom is -0.417 e. The third kappa shape index (κ3) is 2.23. The summed E-state index contributed by atoms with van der Waals surface area (Å²) >= 11 is 0. The Morgan fingerprint density at radius 2 is 1.81 bits per heavy atom. The van der Waals surface area contributed by atoms with E-state index in [1.807, 2.05) is 30.3 Å². The van der Waals surface area contributed by atoms with E-state index in [1.165, 1.54) is 6.33 Å². The third-order valence-electron chi connectivity index (χ3n) is 3.51. The number of fused-ring (bicyclic) bond motifs is 1. The molecule has 0 spiro atoms. The molecule has 6 nitrogen and oxygen atoms in total. The van der Waals surface area contributed by atoms with Crippen molar-refractivity contribution in [2.45, 2.75) is 0 Å². The summed E-state index contributed by atoms with van der Waals surface area (Å²) < 4.78 is 11.1. The van der Waals surface area contributed by atoms with Crippen LogP contribution in [0, 0.1) is 0 Å². The lowest BCUT2D eigenvalue weighted by molar-refractivity contribution is 0.122. The second-order valence-corrected chi connectivity index (χ2v) is 4.84. The van der Waals surface area contributed by atoms with E-state index in [2.05, 4.69) is 19.9 Å². The fraction of sp³-hybridized carbons (Fsp3) is 0.267. The van der Waals surface area contributed by atoms with Gasteiger partial charge in [-0.1, -0.05) is 18.2 Å². The molecule has 0 N–H and O–H groups in total. The smallest absolute Gasteiger partial charge is 0.252 e. The van der Waals surface area contributed by atoms with Crippen molar-refractivity contribution in [2.75, 3.05) is 31.2 Å². The molecule has 0 aliphatic carbocycles. The molecule has 3 heterocycles. The summed E-state index contributed by atoms with van der Waals surface area (Å²) in [5, 5.41) is 0. The number of ether oxygens (including phenoxy) is 1. The van der Waals surface area contributed by atoms with Crippen LogP contribution in [0.5, 0.6) is 0 Å². The molecule has 0 unspecified atom stereocenters. The van der Waals surface area contributed by atoms with Crippen LogP contribution in [-0.4, -0.2) is 41.3 Å². The minimum absolute atomic E-state index is 0.519. The highest BCUT2D eigenvalue weighted by Crippen LogP contribution is 2.28. The molecule has 0 radical (unpaired) electrons. The first-order valence-corrected chi connectivity index (χ1v) is 6.91. The van der Waals surface area contributed by atoms with Gasteiger partial charge in [-0.3, -0.25) is 0 Å². The van der Waals surface area contributed by atoms with E-state index < -0.39 is 0 Å². The second kappa shape index (κ2) is 5.14. The Balaban J connectivity index is 1.80. The molecule has 1 aliphatic heterocycles.